The van der Waals surface area contributed by atoms with Gasteiger partial charge in [-0.05, 0) is 17.7 Å². The first-order valence-electron chi connectivity index (χ1n) is 8.25. The van der Waals surface area contributed by atoms with Gasteiger partial charge >= 0.3 is 0 Å². The lowest BCUT2D eigenvalue weighted by molar-refractivity contribution is 0.174. The van der Waals surface area contributed by atoms with Crippen molar-refractivity contribution in [2.45, 2.75) is 32.7 Å². The van der Waals surface area contributed by atoms with Crippen molar-refractivity contribution < 1.29 is 9.47 Å². The lowest BCUT2D eigenvalue weighted by Crippen LogP contribution is -2.19. The second-order valence-corrected chi connectivity index (χ2v) is 7.27. The minimum Gasteiger partial charge on any atom is -0.454 e. The Morgan fingerprint density at radius 2 is 1.80 bits per heavy atom. The number of aromatic nitrogens is 2. The molecule has 5 heteroatoms. The summed E-state index contributed by atoms with van der Waals surface area (Å²) in [7, 11) is 0. The normalized spacial score (nSPS) is 13.2. The summed E-state index contributed by atoms with van der Waals surface area (Å²) >= 11 is 0. The number of hydrogen-bond acceptors (Lipinski definition) is 4. The van der Waals surface area contributed by atoms with Crippen LogP contribution in [0.3, 0.4) is 0 Å². The molecule has 0 fully saturated rings. The standard InChI is InChI=1S/C20H19N3O2/c1-20(2,3)19-22-15-8-17-18(25-12-24-17)9-16(15)23(19)11-14-6-4-13(10-21)5-7-14/h4-9H,11-12H2,1-3H3. The molecule has 5 nitrogen and oxygen atoms in total. The van der Waals surface area contributed by atoms with Crippen molar-refractivity contribution in [2.24, 2.45) is 0 Å². The van der Waals surface area contributed by atoms with E-state index < -0.39 is 0 Å². The van der Waals surface area contributed by atoms with Gasteiger partial charge in [0, 0.05) is 24.1 Å². The highest BCUT2D eigenvalue weighted by Gasteiger charge is 2.25. The average Bonchev–Trinajstić information content (AvgIpc) is 3.17. The number of ether oxygens (including phenoxy) is 2. The van der Waals surface area contributed by atoms with Crippen LogP contribution in [0.15, 0.2) is 36.4 Å². The number of fused-ring (bicyclic) bond motifs is 2. The summed E-state index contributed by atoms with van der Waals surface area (Å²) in [5.74, 6) is 2.51. The number of imidazole rings is 1. The fourth-order valence-corrected chi connectivity index (χ4v) is 3.11. The van der Waals surface area contributed by atoms with Gasteiger partial charge in [0.25, 0.3) is 0 Å². The van der Waals surface area contributed by atoms with Gasteiger partial charge in [0.1, 0.15) is 5.82 Å². The van der Waals surface area contributed by atoms with E-state index >= 15 is 0 Å². The molecule has 0 radical (unpaired) electrons. The lowest BCUT2D eigenvalue weighted by atomic mass is 9.95. The van der Waals surface area contributed by atoms with E-state index in [1.165, 1.54) is 0 Å². The zero-order chi connectivity index (χ0) is 17.6. The van der Waals surface area contributed by atoms with Gasteiger partial charge in [-0.15, -0.1) is 0 Å². The third kappa shape index (κ3) is 2.70. The van der Waals surface area contributed by atoms with Crippen LogP contribution in [0.1, 0.15) is 37.7 Å². The van der Waals surface area contributed by atoms with Crippen LogP contribution in [-0.2, 0) is 12.0 Å². The van der Waals surface area contributed by atoms with E-state index in [4.69, 9.17) is 19.7 Å². The van der Waals surface area contributed by atoms with Crippen LogP contribution in [-0.4, -0.2) is 16.3 Å². The van der Waals surface area contributed by atoms with Gasteiger partial charge in [0.05, 0.1) is 22.7 Å². The van der Waals surface area contributed by atoms with Crippen LogP contribution >= 0.6 is 0 Å². The summed E-state index contributed by atoms with van der Waals surface area (Å²) in [5.41, 5.74) is 3.62. The maximum Gasteiger partial charge on any atom is 0.231 e. The van der Waals surface area contributed by atoms with Crippen molar-refractivity contribution in [3.05, 3.63) is 53.3 Å². The first-order chi connectivity index (χ1) is 12.0. The molecule has 0 spiro atoms. The Balaban J connectivity index is 1.85. The van der Waals surface area contributed by atoms with E-state index in [0.29, 0.717) is 12.1 Å². The molecule has 0 atom stereocenters. The Morgan fingerprint density at radius 3 is 2.44 bits per heavy atom. The van der Waals surface area contributed by atoms with Gasteiger partial charge < -0.3 is 14.0 Å². The zero-order valence-electron chi connectivity index (χ0n) is 14.5. The molecule has 126 valence electrons. The molecule has 0 N–H and O–H groups in total. The minimum atomic E-state index is -0.0994. The van der Waals surface area contributed by atoms with Crippen LogP contribution < -0.4 is 9.47 Å². The molecule has 0 amide bonds. The van der Waals surface area contributed by atoms with Crippen LogP contribution in [0, 0.1) is 11.3 Å². The molecule has 3 aromatic rings. The topological polar surface area (TPSA) is 60.1 Å². The van der Waals surface area contributed by atoms with Crippen LogP contribution in [0.25, 0.3) is 11.0 Å². The highest BCUT2D eigenvalue weighted by molar-refractivity contribution is 5.81. The van der Waals surface area contributed by atoms with E-state index in [9.17, 15) is 0 Å². The van der Waals surface area contributed by atoms with Crippen molar-refractivity contribution in [3.8, 4) is 17.6 Å². The van der Waals surface area contributed by atoms with Crippen LogP contribution in [0.2, 0.25) is 0 Å². The Bertz CT molecular complexity index is 989. The summed E-state index contributed by atoms with van der Waals surface area (Å²) < 4.78 is 13.2. The highest BCUT2D eigenvalue weighted by Crippen LogP contribution is 2.38. The molecule has 0 unspecified atom stereocenters. The number of benzene rings is 2. The summed E-state index contributed by atoms with van der Waals surface area (Å²) in [6.07, 6.45) is 0. The molecule has 2 aromatic carbocycles. The number of hydrogen-bond donors (Lipinski definition) is 0. The Labute approximate surface area is 146 Å². The number of nitriles is 1. The monoisotopic (exact) mass is 333 g/mol. The Morgan fingerprint density at radius 1 is 1.12 bits per heavy atom. The van der Waals surface area contributed by atoms with Crippen LogP contribution in [0.4, 0.5) is 0 Å². The first-order valence-corrected chi connectivity index (χ1v) is 8.25. The average molecular weight is 333 g/mol. The molecule has 2 heterocycles. The maximum atomic E-state index is 8.98. The first kappa shape index (κ1) is 15.5. The molecule has 4 rings (SSSR count). The van der Waals surface area contributed by atoms with Gasteiger partial charge in [-0.3, -0.25) is 0 Å². The molecular weight excluding hydrogens is 314 g/mol. The molecular formula is C20H19N3O2. The molecule has 0 aliphatic carbocycles. The predicted octanol–water partition coefficient (Wildman–Crippen LogP) is 3.98. The second kappa shape index (κ2) is 5.52. The fourth-order valence-electron chi connectivity index (χ4n) is 3.11. The summed E-state index contributed by atoms with van der Waals surface area (Å²) in [4.78, 5) is 4.87. The predicted molar refractivity (Wildman–Crippen MR) is 94.8 cm³/mol. The van der Waals surface area contributed by atoms with E-state index in [1.807, 2.05) is 36.4 Å². The van der Waals surface area contributed by atoms with Gasteiger partial charge in [0.15, 0.2) is 11.5 Å². The van der Waals surface area contributed by atoms with Crippen molar-refractivity contribution in [2.75, 3.05) is 6.79 Å². The maximum absolute atomic E-state index is 8.98. The van der Waals surface area contributed by atoms with Crippen molar-refractivity contribution >= 4 is 11.0 Å². The summed E-state index contributed by atoms with van der Waals surface area (Å²) in [5, 5.41) is 8.98. The quantitative estimate of drug-likeness (QED) is 0.711. The van der Waals surface area contributed by atoms with E-state index in [1.54, 1.807) is 0 Å². The van der Waals surface area contributed by atoms with Crippen molar-refractivity contribution in [3.63, 3.8) is 0 Å². The smallest absolute Gasteiger partial charge is 0.231 e. The fraction of sp³-hybridized carbons (Fsp3) is 0.300. The van der Waals surface area contributed by atoms with E-state index in [0.717, 1.165) is 33.9 Å². The largest absolute Gasteiger partial charge is 0.454 e. The zero-order valence-corrected chi connectivity index (χ0v) is 14.5. The third-order valence-corrected chi connectivity index (χ3v) is 4.34. The summed E-state index contributed by atoms with van der Waals surface area (Å²) in [6.45, 7) is 7.41. The molecule has 0 saturated carbocycles. The number of nitrogens with zero attached hydrogens (tertiary/aromatic N) is 3. The Kier molecular flexibility index (Phi) is 3.43. The lowest BCUT2D eigenvalue weighted by Gasteiger charge is -2.20. The van der Waals surface area contributed by atoms with E-state index in [2.05, 4.69) is 31.4 Å². The molecule has 25 heavy (non-hydrogen) atoms. The molecule has 0 saturated heterocycles. The van der Waals surface area contributed by atoms with Gasteiger partial charge in [-0.1, -0.05) is 32.9 Å². The van der Waals surface area contributed by atoms with Crippen molar-refractivity contribution in [1.82, 2.24) is 9.55 Å². The van der Waals surface area contributed by atoms with Gasteiger partial charge in [-0.25, -0.2) is 4.98 Å². The van der Waals surface area contributed by atoms with Crippen molar-refractivity contribution in [1.29, 1.82) is 5.26 Å². The SMILES string of the molecule is CC(C)(C)c1nc2cc3c(cc2n1Cc1ccc(C#N)cc1)OCO3. The molecule has 1 aliphatic heterocycles. The number of rotatable bonds is 2. The van der Waals surface area contributed by atoms with Gasteiger partial charge in [0.2, 0.25) is 6.79 Å². The van der Waals surface area contributed by atoms with Crippen LogP contribution in [0.5, 0.6) is 11.5 Å². The van der Waals surface area contributed by atoms with E-state index in [-0.39, 0.29) is 12.2 Å². The third-order valence-electron chi connectivity index (χ3n) is 4.34. The van der Waals surface area contributed by atoms with Gasteiger partial charge in [-0.2, -0.15) is 5.26 Å². The Hall–Kier alpha value is -3.00. The minimum absolute atomic E-state index is 0.0994. The molecule has 1 aliphatic rings. The summed E-state index contributed by atoms with van der Waals surface area (Å²) in [6, 6.07) is 13.8. The molecule has 1 aromatic heterocycles. The molecule has 0 bridgehead atoms. The highest BCUT2D eigenvalue weighted by atomic mass is 16.7. The second-order valence-electron chi connectivity index (χ2n) is 7.27.